The van der Waals surface area contributed by atoms with Crippen LogP contribution in [0.2, 0.25) is 0 Å². The molecule has 9 atom stereocenters. The Morgan fingerprint density at radius 3 is 2.28 bits per heavy atom. The standard InChI is InChI=1S/C42H64O4.C6H8N2/c1-9-31(28(3)4)14-11-29(5)35-20-23-42(8)37-16-15-33-26-34(19-22-40(33,6)36(37)21-24-41(35,42)7)46-39(44)18-13-30-12-17-38(45-10-2)32(25-30)27-43;7-5-2-1-3-6(8)4-5/h12-13,15,17-18,25,28-29,31,34-37,43H,9-11,14,16,19-24,26-27H2,1-8H3;1-4H,7-8H2/b18-13+;. The van der Waals surface area contributed by atoms with Gasteiger partial charge in [-0.3, -0.25) is 0 Å². The Hall–Kier alpha value is -3.25. The van der Waals surface area contributed by atoms with E-state index in [1.165, 1.54) is 57.4 Å². The number of rotatable bonds is 12. The lowest BCUT2D eigenvalue weighted by Crippen LogP contribution is -2.55. The summed E-state index contributed by atoms with van der Waals surface area (Å²) in [6, 6.07) is 12.8. The Balaban J connectivity index is 0.000000621. The van der Waals surface area contributed by atoms with Gasteiger partial charge in [0.05, 0.1) is 13.2 Å². The van der Waals surface area contributed by atoms with Crippen LogP contribution in [-0.2, 0) is 16.1 Å². The van der Waals surface area contributed by atoms with E-state index in [0.717, 1.165) is 65.9 Å². The number of carbonyl (C=O) groups is 1. The largest absolute Gasteiger partial charge is 0.494 e. The number of carbonyl (C=O) groups excluding carboxylic acids is 1. The van der Waals surface area contributed by atoms with Crippen LogP contribution >= 0.6 is 0 Å². The van der Waals surface area contributed by atoms with Crippen molar-refractivity contribution in [3.63, 3.8) is 0 Å². The topological polar surface area (TPSA) is 108 Å². The number of aliphatic hydroxyl groups excluding tert-OH is 1. The van der Waals surface area contributed by atoms with Gasteiger partial charge in [-0.2, -0.15) is 0 Å². The first-order valence-electron chi connectivity index (χ1n) is 21.2. The third-order valence-corrected chi connectivity index (χ3v) is 15.3. The summed E-state index contributed by atoms with van der Waals surface area (Å²) in [5.41, 5.74) is 16.4. The molecule has 0 heterocycles. The van der Waals surface area contributed by atoms with Gasteiger partial charge in [0.15, 0.2) is 0 Å². The van der Waals surface area contributed by atoms with E-state index in [1.807, 2.05) is 31.2 Å². The quantitative estimate of drug-likeness (QED) is 0.0865. The van der Waals surface area contributed by atoms with E-state index in [0.29, 0.717) is 34.6 Å². The summed E-state index contributed by atoms with van der Waals surface area (Å²) < 4.78 is 11.6. The SMILES string of the molecule is CCOc1ccc(/C=C/C(=O)OC2CCC3(C)C(=CCC4C3CCC3(C)C(C(C)CCC(CC)C(C)C)CCC43C)C2)cc1CO.Nc1cccc(N)c1. The van der Waals surface area contributed by atoms with E-state index in [9.17, 15) is 9.90 Å². The normalized spacial score (nSPS) is 31.3. The molecule has 0 spiro atoms. The summed E-state index contributed by atoms with van der Waals surface area (Å²) >= 11 is 0. The maximum atomic E-state index is 12.9. The van der Waals surface area contributed by atoms with Gasteiger partial charge in [-0.05, 0) is 152 Å². The molecular formula is C48H72N2O4. The molecule has 0 radical (unpaired) electrons. The van der Waals surface area contributed by atoms with Crippen LogP contribution in [0.15, 0.2) is 60.2 Å². The lowest BCUT2D eigenvalue weighted by Gasteiger charge is -2.63. The summed E-state index contributed by atoms with van der Waals surface area (Å²) in [6.45, 7) is 20.1. The van der Waals surface area contributed by atoms with Crippen molar-refractivity contribution < 1.29 is 19.4 Å². The number of aliphatic hydroxyl groups is 1. The molecule has 6 heteroatoms. The molecule has 0 aromatic heterocycles. The minimum atomic E-state index is -0.284. The Morgan fingerprint density at radius 1 is 0.926 bits per heavy atom. The zero-order valence-electron chi connectivity index (χ0n) is 34.8. The zero-order chi connectivity index (χ0) is 39.3. The van der Waals surface area contributed by atoms with Crippen LogP contribution in [0.25, 0.3) is 6.08 Å². The number of hydrogen-bond donors (Lipinski definition) is 3. The molecule has 6 rings (SSSR count). The predicted octanol–water partition coefficient (Wildman–Crippen LogP) is 11.4. The van der Waals surface area contributed by atoms with Crippen molar-refractivity contribution >= 4 is 23.4 Å². The fourth-order valence-corrected chi connectivity index (χ4v) is 11.8. The molecule has 0 bridgehead atoms. The second kappa shape index (κ2) is 17.7. The fraction of sp³-hybridized carbons (Fsp3) is 0.646. The van der Waals surface area contributed by atoms with Crippen LogP contribution in [0.4, 0.5) is 11.4 Å². The van der Waals surface area contributed by atoms with Crippen molar-refractivity contribution in [3.05, 3.63) is 71.3 Å². The van der Waals surface area contributed by atoms with Gasteiger partial charge in [0.1, 0.15) is 11.9 Å². The molecule has 4 aliphatic carbocycles. The maximum absolute atomic E-state index is 12.9. The van der Waals surface area contributed by atoms with Crippen molar-refractivity contribution in [2.24, 2.45) is 51.8 Å². The molecule has 0 saturated heterocycles. The van der Waals surface area contributed by atoms with Gasteiger partial charge in [0.2, 0.25) is 0 Å². The highest BCUT2D eigenvalue weighted by Gasteiger charge is 2.64. The summed E-state index contributed by atoms with van der Waals surface area (Å²) in [5.74, 6) is 5.21. The van der Waals surface area contributed by atoms with Crippen LogP contribution < -0.4 is 16.2 Å². The molecule has 5 N–H and O–H groups in total. The Labute approximate surface area is 327 Å². The van der Waals surface area contributed by atoms with Crippen LogP contribution in [0, 0.1) is 51.8 Å². The van der Waals surface area contributed by atoms with E-state index in [-0.39, 0.29) is 24.1 Å². The third kappa shape index (κ3) is 8.74. The molecule has 9 unspecified atom stereocenters. The van der Waals surface area contributed by atoms with Crippen molar-refractivity contribution in [1.29, 1.82) is 0 Å². The zero-order valence-corrected chi connectivity index (χ0v) is 34.8. The summed E-state index contributed by atoms with van der Waals surface area (Å²) in [6.07, 6.45) is 19.6. The first-order valence-corrected chi connectivity index (χ1v) is 21.2. The second-order valence-corrected chi connectivity index (χ2v) is 18.3. The number of allylic oxidation sites excluding steroid dienone is 1. The first kappa shape index (κ1) is 41.9. The van der Waals surface area contributed by atoms with E-state index in [4.69, 9.17) is 20.9 Å². The van der Waals surface area contributed by atoms with Crippen LogP contribution in [-0.4, -0.2) is 23.8 Å². The number of benzene rings is 2. The molecule has 3 saturated carbocycles. The molecule has 6 nitrogen and oxygen atoms in total. The first-order chi connectivity index (χ1) is 25.7. The Kier molecular flexibility index (Phi) is 13.7. The number of esters is 1. The lowest BCUT2D eigenvalue weighted by molar-refractivity contribution is -0.146. The smallest absolute Gasteiger partial charge is 0.331 e. The van der Waals surface area contributed by atoms with E-state index in [2.05, 4.69) is 54.5 Å². The van der Waals surface area contributed by atoms with Crippen molar-refractivity contribution in [3.8, 4) is 5.75 Å². The molecule has 2 aromatic carbocycles. The number of ether oxygens (including phenoxy) is 2. The second-order valence-electron chi connectivity index (χ2n) is 18.3. The number of anilines is 2. The summed E-state index contributed by atoms with van der Waals surface area (Å²) in [5, 5.41) is 9.71. The van der Waals surface area contributed by atoms with Crippen molar-refractivity contribution in [2.45, 2.75) is 139 Å². The average Bonchev–Trinajstić information content (AvgIpc) is 3.42. The molecule has 2 aromatic rings. The van der Waals surface area contributed by atoms with Crippen molar-refractivity contribution in [2.75, 3.05) is 18.1 Å². The molecular weight excluding hydrogens is 669 g/mol. The van der Waals surface area contributed by atoms with E-state index >= 15 is 0 Å². The van der Waals surface area contributed by atoms with Gasteiger partial charge in [-0.15, -0.1) is 0 Å². The minimum absolute atomic E-state index is 0.0553. The highest BCUT2D eigenvalue weighted by molar-refractivity contribution is 5.87. The molecule has 54 heavy (non-hydrogen) atoms. The third-order valence-electron chi connectivity index (χ3n) is 15.3. The van der Waals surface area contributed by atoms with Gasteiger partial charge >= 0.3 is 5.97 Å². The average molecular weight is 741 g/mol. The van der Waals surface area contributed by atoms with Gasteiger partial charge in [0, 0.05) is 29.4 Å². The molecule has 4 aliphatic rings. The van der Waals surface area contributed by atoms with Gasteiger partial charge < -0.3 is 26.0 Å². The molecule has 0 aliphatic heterocycles. The minimum Gasteiger partial charge on any atom is -0.494 e. The maximum Gasteiger partial charge on any atom is 0.331 e. The van der Waals surface area contributed by atoms with Crippen LogP contribution in [0.1, 0.15) is 137 Å². The Bertz CT molecular complexity index is 1610. The van der Waals surface area contributed by atoms with Gasteiger partial charge in [-0.1, -0.05) is 85.1 Å². The monoisotopic (exact) mass is 741 g/mol. The van der Waals surface area contributed by atoms with Crippen LogP contribution in [0.3, 0.4) is 0 Å². The van der Waals surface area contributed by atoms with Crippen LogP contribution in [0.5, 0.6) is 5.75 Å². The molecule has 0 amide bonds. The number of nitrogen functional groups attached to an aromatic ring is 2. The van der Waals surface area contributed by atoms with Gasteiger partial charge in [0.25, 0.3) is 0 Å². The number of fused-ring (bicyclic) bond motifs is 5. The fourth-order valence-electron chi connectivity index (χ4n) is 11.8. The Morgan fingerprint density at radius 2 is 1.65 bits per heavy atom. The van der Waals surface area contributed by atoms with E-state index in [1.54, 1.807) is 29.8 Å². The predicted molar refractivity (Wildman–Crippen MR) is 225 cm³/mol. The summed E-state index contributed by atoms with van der Waals surface area (Å²) in [4.78, 5) is 12.9. The number of hydrogen-bond acceptors (Lipinski definition) is 6. The highest BCUT2D eigenvalue weighted by atomic mass is 16.5. The highest BCUT2D eigenvalue weighted by Crippen LogP contribution is 2.72. The lowest BCUT2D eigenvalue weighted by atomic mass is 9.42. The molecule has 3 fully saturated rings. The summed E-state index contributed by atoms with van der Waals surface area (Å²) in [7, 11) is 0. The molecule has 298 valence electrons. The number of nitrogens with two attached hydrogens (primary N) is 2. The van der Waals surface area contributed by atoms with Crippen molar-refractivity contribution in [1.82, 2.24) is 0 Å². The van der Waals surface area contributed by atoms with Gasteiger partial charge in [-0.25, -0.2) is 4.79 Å². The van der Waals surface area contributed by atoms with E-state index < -0.39 is 0 Å².